The fourth-order valence-electron chi connectivity index (χ4n) is 3.87. The maximum Gasteiger partial charge on any atom is 0.257 e. The average molecular weight is 306 g/mol. The molecule has 122 valence electrons. The van der Waals surface area contributed by atoms with E-state index in [0.29, 0.717) is 12.0 Å². The summed E-state index contributed by atoms with van der Waals surface area (Å²) < 4.78 is 7.01. The predicted octanol–water partition coefficient (Wildman–Crippen LogP) is 1.18. The van der Waals surface area contributed by atoms with E-state index in [9.17, 15) is 4.79 Å². The summed E-state index contributed by atoms with van der Waals surface area (Å²) >= 11 is 0. The average Bonchev–Trinajstić information content (AvgIpc) is 3.02. The standard InChI is InChI=1S/C16H26N4O2/c1-12(8-22-4)20-7-14(13(2)17-20)15(21)19-6-5-16(11-19)9-18(3)10-16/h7,12H,5-6,8-11H2,1-4H3/t12-/m0/s1. The topological polar surface area (TPSA) is 50.6 Å². The van der Waals surface area contributed by atoms with E-state index in [1.54, 1.807) is 7.11 Å². The molecule has 0 aliphatic carbocycles. The van der Waals surface area contributed by atoms with Crippen LogP contribution >= 0.6 is 0 Å². The molecule has 6 heteroatoms. The zero-order valence-corrected chi connectivity index (χ0v) is 14.0. The van der Waals surface area contributed by atoms with Crippen molar-refractivity contribution in [2.24, 2.45) is 5.41 Å². The van der Waals surface area contributed by atoms with Gasteiger partial charge in [0, 0.05) is 44.9 Å². The van der Waals surface area contributed by atoms with Gasteiger partial charge in [0.15, 0.2) is 0 Å². The zero-order chi connectivity index (χ0) is 15.9. The van der Waals surface area contributed by atoms with Gasteiger partial charge in [-0.15, -0.1) is 0 Å². The first-order valence-corrected chi connectivity index (χ1v) is 7.97. The molecule has 6 nitrogen and oxygen atoms in total. The van der Waals surface area contributed by atoms with Gasteiger partial charge >= 0.3 is 0 Å². The molecule has 1 aromatic heterocycles. The van der Waals surface area contributed by atoms with Gasteiger partial charge in [0.2, 0.25) is 0 Å². The molecule has 22 heavy (non-hydrogen) atoms. The second kappa shape index (κ2) is 5.66. The van der Waals surface area contributed by atoms with E-state index in [-0.39, 0.29) is 11.9 Å². The Morgan fingerprint density at radius 2 is 2.18 bits per heavy atom. The number of rotatable bonds is 4. The van der Waals surface area contributed by atoms with Crippen LogP contribution in [-0.2, 0) is 4.74 Å². The number of carbonyl (C=O) groups excluding carboxylic acids is 1. The zero-order valence-electron chi connectivity index (χ0n) is 14.0. The molecule has 2 aliphatic heterocycles. The lowest BCUT2D eigenvalue weighted by Crippen LogP contribution is -2.55. The third-order valence-corrected chi connectivity index (χ3v) is 4.94. The fourth-order valence-corrected chi connectivity index (χ4v) is 3.87. The van der Waals surface area contributed by atoms with Gasteiger partial charge in [0.05, 0.1) is 23.9 Å². The summed E-state index contributed by atoms with van der Waals surface area (Å²) in [4.78, 5) is 17.1. The Kier molecular flexibility index (Phi) is 3.99. The Morgan fingerprint density at radius 1 is 1.45 bits per heavy atom. The number of carbonyl (C=O) groups is 1. The summed E-state index contributed by atoms with van der Waals surface area (Å²) in [6, 6.07) is 0.135. The van der Waals surface area contributed by atoms with Crippen LogP contribution in [0, 0.1) is 12.3 Å². The minimum Gasteiger partial charge on any atom is -0.382 e. The van der Waals surface area contributed by atoms with Gasteiger partial charge in [0.1, 0.15) is 0 Å². The van der Waals surface area contributed by atoms with Crippen LogP contribution in [0.25, 0.3) is 0 Å². The molecule has 0 aromatic carbocycles. The van der Waals surface area contributed by atoms with Crippen molar-refractivity contribution in [1.82, 2.24) is 19.6 Å². The van der Waals surface area contributed by atoms with E-state index in [1.165, 1.54) is 0 Å². The quantitative estimate of drug-likeness (QED) is 0.838. The molecule has 2 aliphatic rings. The molecule has 0 N–H and O–H groups in total. The van der Waals surface area contributed by atoms with Crippen molar-refractivity contribution in [2.45, 2.75) is 26.3 Å². The first kappa shape index (κ1) is 15.5. The van der Waals surface area contributed by atoms with Crippen molar-refractivity contribution < 1.29 is 9.53 Å². The Labute approximate surface area is 132 Å². The molecule has 3 heterocycles. The number of aryl methyl sites for hydroxylation is 1. The van der Waals surface area contributed by atoms with Gasteiger partial charge in [0.25, 0.3) is 5.91 Å². The van der Waals surface area contributed by atoms with Crippen LogP contribution < -0.4 is 0 Å². The van der Waals surface area contributed by atoms with Crippen LogP contribution in [0.3, 0.4) is 0 Å². The maximum absolute atomic E-state index is 12.8. The Morgan fingerprint density at radius 3 is 2.82 bits per heavy atom. The molecule has 3 rings (SSSR count). The summed E-state index contributed by atoms with van der Waals surface area (Å²) in [5, 5.41) is 4.49. The lowest BCUT2D eigenvalue weighted by molar-refractivity contribution is 0.0293. The minimum atomic E-state index is 0.125. The van der Waals surface area contributed by atoms with E-state index >= 15 is 0 Å². The molecule has 0 radical (unpaired) electrons. The third-order valence-electron chi connectivity index (χ3n) is 4.94. The number of ether oxygens (including phenoxy) is 1. The van der Waals surface area contributed by atoms with Crippen molar-refractivity contribution in [3.63, 3.8) is 0 Å². The lowest BCUT2D eigenvalue weighted by atomic mass is 9.79. The molecular formula is C16H26N4O2. The molecule has 0 bridgehead atoms. The number of likely N-dealkylation sites (tertiary alicyclic amines) is 2. The van der Waals surface area contributed by atoms with Gasteiger partial charge in [-0.25, -0.2) is 0 Å². The van der Waals surface area contributed by atoms with E-state index < -0.39 is 0 Å². The molecule has 0 unspecified atom stereocenters. The molecule has 0 saturated carbocycles. The number of nitrogens with zero attached hydrogens (tertiary/aromatic N) is 4. The van der Waals surface area contributed by atoms with E-state index in [0.717, 1.165) is 43.9 Å². The highest BCUT2D eigenvalue weighted by Gasteiger charge is 2.47. The monoisotopic (exact) mass is 306 g/mol. The van der Waals surface area contributed by atoms with Crippen molar-refractivity contribution in [3.05, 3.63) is 17.5 Å². The summed E-state index contributed by atoms with van der Waals surface area (Å²) in [5.74, 6) is 0.125. The van der Waals surface area contributed by atoms with Gasteiger partial charge in [-0.3, -0.25) is 9.48 Å². The van der Waals surface area contributed by atoms with Crippen LogP contribution in [-0.4, -0.2) is 72.4 Å². The van der Waals surface area contributed by atoms with Gasteiger partial charge in [-0.05, 0) is 27.3 Å². The van der Waals surface area contributed by atoms with Crippen LogP contribution in [0.5, 0.6) is 0 Å². The first-order chi connectivity index (χ1) is 10.4. The lowest BCUT2D eigenvalue weighted by Gasteiger charge is -2.46. The molecule has 2 saturated heterocycles. The predicted molar refractivity (Wildman–Crippen MR) is 84.0 cm³/mol. The number of hydrogen-bond acceptors (Lipinski definition) is 4. The van der Waals surface area contributed by atoms with Crippen molar-refractivity contribution in [1.29, 1.82) is 0 Å². The molecule has 1 aromatic rings. The normalized spacial score (nSPS) is 22.1. The van der Waals surface area contributed by atoms with Crippen LogP contribution in [0.15, 0.2) is 6.20 Å². The molecule has 1 atom stereocenters. The summed E-state index contributed by atoms with van der Waals surface area (Å²) in [7, 11) is 3.82. The highest BCUT2D eigenvalue weighted by molar-refractivity contribution is 5.95. The molecular weight excluding hydrogens is 280 g/mol. The van der Waals surface area contributed by atoms with E-state index in [1.807, 2.05) is 29.6 Å². The third kappa shape index (κ3) is 2.65. The molecule has 1 amide bonds. The Hall–Kier alpha value is -1.40. The second-order valence-corrected chi connectivity index (χ2v) is 7.06. The SMILES string of the molecule is COC[C@H](C)n1cc(C(=O)N2CCC3(CN(C)C3)C2)c(C)n1. The minimum absolute atomic E-state index is 0.125. The van der Waals surface area contributed by atoms with Crippen molar-refractivity contribution in [3.8, 4) is 0 Å². The second-order valence-electron chi connectivity index (χ2n) is 7.06. The Bertz CT molecular complexity index is 562. The van der Waals surface area contributed by atoms with Gasteiger partial charge in [-0.1, -0.05) is 0 Å². The summed E-state index contributed by atoms with van der Waals surface area (Å²) in [6.07, 6.45) is 3.00. The van der Waals surface area contributed by atoms with Crippen LogP contribution in [0.4, 0.5) is 0 Å². The maximum atomic E-state index is 12.8. The van der Waals surface area contributed by atoms with Crippen molar-refractivity contribution >= 4 is 5.91 Å². The van der Waals surface area contributed by atoms with Crippen molar-refractivity contribution in [2.75, 3.05) is 46.9 Å². The van der Waals surface area contributed by atoms with Crippen LogP contribution in [0.1, 0.15) is 35.4 Å². The number of aromatic nitrogens is 2. The van der Waals surface area contributed by atoms with E-state index in [4.69, 9.17) is 4.74 Å². The molecule has 1 spiro atoms. The highest BCUT2D eigenvalue weighted by atomic mass is 16.5. The number of amides is 1. The van der Waals surface area contributed by atoms with Crippen LogP contribution in [0.2, 0.25) is 0 Å². The summed E-state index contributed by atoms with van der Waals surface area (Å²) in [5.41, 5.74) is 1.88. The van der Waals surface area contributed by atoms with Gasteiger partial charge < -0.3 is 14.5 Å². The highest BCUT2D eigenvalue weighted by Crippen LogP contribution is 2.39. The largest absolute Gasteiger partial charge is 0.382 e. The summed E-state index contributed by atoms with van der Waals surface area (Å²) in [6.45, 7) is 8.51. The van der Waals surface area contributed by atoms with E-state index in [2.05, 4.69) is 17.0 Å². The Balaban J connectivity index is 1.70. The smallest absolute Gasteiger partial charge is 0.257 e. The molecule has 2 fully saturated rings. The number of hydrogen-bond donors (Lipinski definition) is 0. The first-order valence-electron chi connectivity index (χ1n) is 7.97. The number of methoxy groups -OCH3 is 1. The fraction of sp³-hybridized carbons (Fsp3) is 0.750. The van der Waals surface area contributed by atoms with Gasteiger partial charge in [-0.2, -0.15) is 5.10 Å².